The van der Waals surface area contributed by atoms with Gasteiger partial charge in [-0.05, 0) is 11.6 Å². The molecule has 0 aromatic heterocycles. The van der Waals surface area contributed by atoms with Gasteiger partial charge in [-0.25, -0.2) is 0 Å². The number of anilines is 1. The van der Waals surface area contributed by atoms with Crippen LogP contribution in [0.25, 0.3) is 0 Å². The van der Waals surface area contributed by atoms with Crippen LogP contribution >= 0.6 is 0 Å². The number of rotatable bonds is 1. The number of hydrogen-bond donors (Lipinski definition) is 3. The van der Waals surface area contributed by atoms with E-state index < -0.39 is 0 Å². The van der Waals surface area contributed by atoms with Crippen LogP contribution in [0.1, 0.15) is 11.6 Å². The van der Waals surface area contributed by atoms with E-state index in [9.17, 15) is 0 Å². The van der Waals surface area contributed by atoms with Gasteiger partial charge in [0.05, 0.1) is 0 Å². The fourth-order valence-corrected chi connectivity index (χ4v) is 1.70. The Labute approximate surface area is 78.3 Å². The molecule has 1 aliphatic heterocycles. The van der Waals surface area contributed by atoms with Crippen molar-refractivity contribution in [1.82, 2.24) is 10.6 Å². The lowest BCUT2D eigenvalue weighted by molar-refractivity contribution is 0.431. The zero-order chi connectivity index (χ0) is 9.10. The number of hydrogen-bond acceptors (Lipinski definition) is 3. The summed E-state index contributed by atoms with van der Waals surface area (Å²) in [5.74, 6) is 0. The van der Waals surface area contributed by atoms with E-state index in [1.807, 2.05) is 18.2 Å². The molecule has 1 heterocycles. The van der Waals surface area contributed by atoms with E-state index >= 15 is 0 Å². The molecule has 0 radical (unpaired) electrons. The number of nitrogens with one attached hydrogen (secondary N) is 2. The molecule has 0 saturated carbocycles. The first-order valence-corrected chi connectivity index (χ1v) is 4.66. The van der Waals surface area contributed by atoms with Gasteiger partial charge in [0.2, 0.25) is 0 Å². The molecule has 0 aliphatic carbocycles. The standard InChI is InChI=1S/C10H15N3/c11-9-4-2-1-3-8(9)10-7-12-5-6-13-10/h1-4,10,12-13H,5-7,11H2. The van der Waals surface area contributed by atoms with Gasteiger partial charge in [0, 0.05) is 31.4 Å². The van der Waals surface area contributed by atoms with Crippen LogP contribution in [-0.4, -0.2) is 19.6 Å². The minimum absolute atomic E-state index is 0.370. The largest absolute Gasteiger partial charge is 0.398 e. The van der Waals surface area contributed by atoms with Gasteiger partial charge in [0.15, 0.2) is 0 Å². The van der Waals surface area contributed by atoms with Gasteiger partial charge in [-0.3, -0.25) is 0 Å². The SMILES string of the molecule is Nc1ccccc1C1CNCCN1. The van der Waals surface area contributed by atoms with Crippen LogP contribution in [0.5, 0.6) is 0 Å². The molecule has 1 aliphatic rings. The third-order valence-electron chi connectivity index (χ3n) is 2.41. The molecule has 0 bridgehead atoms. The van der Waals surface area contributed by atoms with E-state index in [0.29, 0.717) is 6.04 Å². The van der Waals surface area contributed by atoms with Crippen molar-refractivity contribution in [2.24, 2.45) is 0 Å². The molecule has 1 aromatic rings. The number of benzene rings is 1. The minimum Gasteiger partial charge on any atom is -0.398 e. The summed E-state index contributed by atoms with van der Waals surface area (Å²) in [6.45, 7) is 3.02. The van der Waals surface area contributed by atoms with Crippen LogP contribution in [0, 0.1) is 0 Å². The molecule has 4 N–H and O–H groups in total. The van der Waals surface area contributed by atoms with Crippen molar-refractivity contribution in [1.29, 1.82) is 0 Å². The highest BCUT2D eigenvalue weighted by atomic mass is 15.1. The van der Waals surface area contributed by atoms with Crippen molar-refractivity contribution < 1.29 is 0 Å². The van der Waals surface area contributed by atoms with Crippen LogP contribution in [-0.2, 0) is 0 Å². The second kappa shape index (κ2) is 3.77. The third-order valence-corrected chi connectivity index (χ3v) is 2.41. The predicted octanol–water partition coefficient (Wildman–Crippen LogP) is 0.503. The summed E-state index contributed by atoms with van der Waals surface area (Å²) < 4.78 is 0. The predicted molar refractivity (Wildman–Crippen MR) is 54.5 cm³/mol. The Morgan fingerprint density at radius 1 is 1.23 bits per heavy atom. The first-order valence-electron chi connectivity index (χ1n) is 4.66. The number of piperazine rings is 1. The van der Waals surface area contributed by atoms with Gasteiger partial charge in [0.25, 0.3) is 0 Å². The molecule has 3 heteroatoms. The first-order chi connectivity index (χ1) is 6.38. The van der Waals surface area contributed by atoms with Crippen LogP contribution < -0.4 is 16.4 Å². The highest BCUT2D eigenvalue weighted by Gasteiger charge is 2.15. The Morgan fingerprint density at radius 2 is 2.08 bits per heavy atom. The molecule has 0 amide bonds. The number of nitrogen functional groups attached to an aromatic ring is 1. The molecule has 0 spiro atoms. The second-order valence-corrected chi connectivity index (χ2v) is 3.34. The molecule has 1 saturated heterocycles. The molecule has 1 unspecified atom stereocenters. The van der Waals surface area contributed by atoms with Gasteiger partial charge in [0.1, 0.15) is 0 Å². The maximum atomic E-state index is 5.88. The summed E-state index contributed by atoms with van der Waals surface area (Å²) >= 11 is 0. The molecule has 1 aromatic carbocycles. The summed E-state index contributed by atoms with van der Waals surface area (Å²) in [6.07, 6.45) is 0. The van der Waals surface area contributed by atoms with Crippen molar-refractivity contribution in [3.63, 3.8) is 0 Å². The first kappa shape index (κ1) is 8.53. The fraction of sp³-hybridized carbons (Fsp3) is 0.400. The van der Waals surface area contributed by atoms with Crippen molar-refractivity contribution in [3.05, 3.63) is 29.8 Å². The van der Waals surface area contributed by atoms with E-state index in [1.165, 1.54) is 5.56 Å². The molecule has 70 valence electrons. The van der Waals surface area contributed by atoms with E-state index in [-0.39, 0.29) is 0 Å². The summed E-state index contributed by atoms with van der Waals surface area (Å²) in [4.78, 5) is 0. The van der Waals surface area contributed by atoms with E-state index in [4.69, 9.17) is 5.73 Å². The lowest BCUT2D eigenvalue weighted by Gasteiger charge is -2.25. The van der Waals surface area contributed by atoms with Gasteiger partial charge < -0.3 is 16.4 Å². The summed E-state index contributed by atoms with van der Waals surface area (Å²) in [5, 5.41) is 6.78. The Balaban J connectivity index is 2.18. The molecule has 13 heavy (non-hydrogen) atoms. The number of para-hydroxylation sites is 1. The second-order valence-electron chi connectivity index (χ2n) is 3.34. The maximum Gasteiger partial charge on any atom is 0.0467 e. The molecular weight excluding hydrogens is 162 g/mol. The highest BCUT2D eigenvalue weighted by molar-refractivity contribution is 5.48. The van der Waals surface area contributed by atoms with Gasteiger partial charge in [-0.1, -0.05) is 18.2 Å². The van der Waals surface area contributed by atoms with Gasteiger partial charge in [-0.15, -0.1) is 0 Å². The van der Waals surface area contributed by atoms with E-state index in [2.05, 4.69) is 16.7 Å². The molecule has 3 nitrogen and oxygen atoms in total. The summed E-state index contributed by atoms with van der Waals surface area (Å²) in [6, 6.07) is 8.40. The lowest BCUT2D eigenvalue weighted by atomic mass is 10.0. The van der Waals surface area contributed by atoms with Crippen molar-refractivity contribution in [3.8, 4) is 0 Å². The molecule has 1 atom stereocenters. The van der Waals surface area contributed by atoms with Crippen LogP contribution in [0.2, 0.25) is 0 Å². The Kier molecular flexibility index (Phi) is 2.47. The highest BCUT2D eigenvalue weighted by Crippen LogP contribution is 2.19. The zero-order valence-electron chi connectivity index (χ0n) is 7.59. The quantitative estimate of drug-likeness (QED) is 0.548. The summed E-state index contributed by atoms with van der Waals surface area (Å²) in [5.41, 5.74) is 7.97. The van der Waals surface area contributed by atoms with Crippen molar-refractivity contribution in [2.45, 2.75) is 6.04 Å². The van der Waals surface area contributed by atoms with Crippen molar-refractivity contribution >= 4 is 5.69 Å². The van der Waals surface area contributed by atoms with Gasteiger partial charge in [-0.2, -0.15) is 0 Å². The Hall–Kier alpha value is -1.06. The Morgan fingerprint density at radius 3 is 2.77 bits per heavy atom. The normalized spacial score (nSPS) is 22.9. The van der Waals surface area contributed by atoms with Crippen LogP contribution in [0.3, 0.4) is 0 Å². The molecule has 1 fully saturated rings. The maximum absolute atomic E-state index is 5.88. The lowest BCUT2D eigenvalue weighted by Crippen LogP contribution is -2.42. The van der Waals surface area contributed by atoms with E-state index in [0.717, 1.165) is 25.3 Å². The Bertz CT molecular complexity index is 279. The monoisotopic (exact) mass is 177 g/mol. The number of nitrogens with two attached hydrogens (primary N) is 1. The molecular formula is C10H15N3. The van der Waals surface area contributed by atoms with Crippen LogP contribution in [0.4, 0.5) is 5.69 Å². The van der Waals surface area contributed by atoms with Gasteiger partial charge >= 0.3 is 0 Å². The third kappa shape index (κ3) is 1.82. The minimum atomic E-state index is 0.370. The topological polar surface area (TPSA) is 50.1 Å². The zero-order valence-corrected chi connectivity index (χ0v) is 7.59. The van der Waals surface area contributed by atoms with Crippen molar-refractivity contribution in [2.75, 3.05) is 25.4 Å². The van der Waals surface area contributed by atoms with Crippen LogP contribution in [0.15, 0.2) is 24.3 Å². The fourth-order valence-electron chi connectivity index (χ4n) is 1.70. The smallest absolute Gasteiger partial charge is 0.0467 e. The summed E-state index contributed by atoms with van der Waals surface area (Å²) in [7, 11) is 0. The van der Waals surface area contributed by atoms with E-state index in [1.54, 1.807) is 0 Å². The molecule has 2 rings (SSSR count). The average molecular weight is 177 g/mol. The average Bonchev–Trinajstić information content (AvgIpc) is 2.20.